The second-order valence-electron chi connectivity index (χ2n) is 17.0. The van der Waals surface area contributed by atoms with Crippen molar-refractivity contribution in [3.63, 3.8) is 0 Å². The molecule has 5 heteroatoms. The first kappa shape index (κ1) is 32.2. The Labute approximate surface area is 265 Å². The molecule has 0 saturated heterocycles. The number of pyridine rings is 1. The minimum atomic E-state index is -0.385. The van der Waals surface area contributed by atoms with Gasteiger partial charge < -0.3 is 26.8 Å². The monoisotopic (exact) mass is 641 g/mol. The molecule has 8 atom stereocenters. The first-order valence-electron chi connectivity index (χ1n) is 16.7. The molecule has 0 aliphatic heterocycles. The highest BCUT2D eigenvalue weighted by molar-refractivity contribution is 5.78. The molecule has 0 bridgehead atoms. The van der Waals surface area contributed by atoms with E-state index in [0.717, 1.165) is 51.4 Å². The normalized spacial score (nSPS) is 43.3. The molecule has 0 unspecified atom stereocenters. The van der Waals surface area contributed by atoms with Crippen molar-refractivity contribution in [1.82, 2.24) is 0 Å². The Kier molecular flexibility index (Phi) is 8.21. The number of hydrogen-bond acceptors (Lipinski definition) is 3. The summed E-state index contributed by atoms with van der Waals surface area (Å²) in [6.45, 7) is 18.4. The molecule has 1 heterocycles. The predicted octanol–water partition coefficient (Wildman–Crippen LogP) is 4.68. The van der Waals surface area contributed by atoms with Crippen molar-refractivity contribution < 1.29 is 36.2 Å². The summed E-state index contributed by atoms with van der Waals surface area (Å²) < 4.78 is 8.26. The third kappa shape index (κ3) is 4.60. The summed E-state index contributed by atoms with van der Waals surface area (Å²) in [6, 6.07) is 6.06. The number of aliphatic hydroxyl groups excluding tert-OH is 1. The van der Waals surface area contributed by atoms with Gasteiger partial charge in [0.2, 0.25) is 0 Å². The molecule has 5 aliphatic rings. The van der Waals surface area contributed by atoms with E-state index in [2.05, 4.69) is 59.1 Å². The van der Waals surface area contributed by atoms with Gasteiger partial charge in [0, 0.05) is 12.1 Å². The number of hydrogen-bond donors (Lipinski definition) is 1. The molecular weight excluding hydrogens is 586 g/mol. The smallest absolute Gasteiger partial charge is 0.312 e. The topological polar surface area (TPSA) is 50.4 Å². The summed E-state index contributed by atoms with van der Waals surface area (Å²) in [5.41, 5.74) is 1.98. The third-order valence-electron chi connectivity index (χ3n) is 14.4. The van der Waals surface area contributed by atoms with E-state index in [-0.39, 0.29) is 67.5 Å². The van der Waals surface area contributed by atoms with Crippen LogP contribution >= 0.6 is 0 Å². The number of ether oxygens (including phenoxy) is 1. The van der Waals surface area contributed by atoms with E-state index in [0.29, 0.717) is 25.0 Å². The van der Waals surface area contributed by atoms with Crippen molar-refractivity contribution in [2.75, 3.05) is 6.61 Å². The molecule has 5 aliphatic carbocycles. The van der Waals surface area contributed by atoms with Gasteiger partial charge in [-0.3, -0.25) is 4.79 Å². The van der Waals surface area contributed by atoms with E-state index >= 15 is 0 Å². The SMILES string of the molecule is CC1(C)CC[C@]2(C(=O)OCC[n+]3ccccc3)CC[C@]3(C)C(=CC[C@@H]4[C@@]5(C)CC[C@H](O)C(C)(C)[C@@H]5CC[C@]43C)[C@@H]2C1.[Br-]. The molecule has 1 aromatic heterocycles. The number of esters is 1. The van der Waals surface area contributed by atoms with Crippen LogP contribution in [0.25, 0.3) is 0 Å². The Balaban J connectivity index is 0.00000353. The molecule has 0 aromatic carbocycles. The summed E-state index contributed by atoms with van der Waals surface area (Å²) in [5.74, 6) is 1.51. The summed E-state index contributed by atoms with van der Waals surface area (Å²) >= 11 is 0. The van der Waals surface area contributed by atoms with Crippen LogP contribution in [0.5, 0.6) is 0 Å². The van der Waals surface area contributed by atoms with Crippen molar-refractivity contribution in [2.45, 2.75) is 125 Å². The average molecular weight is 643 g/mol. The van der Waals surface area contributed by atoms with Crippen LogP contribution in [0.4, 0.5) is 0 Å². The molecule has 1 N–H and O–H groups in total. The van der Waals surface area contributed by atoms with Gasteiger partial charge in [0.05, 0.1) is 11.5 Å². The maximum atomic E-state index is 14.2. The molecule has 6 rings (SSSR count). The zero-order chi connectivity index (χ0) is 29.5. The maximum absolute atomic E-state index is 14.2. The van der Waals surface area contributed by atoms with Gasteiger partial charge >= 0.3 is 5.97 Å². The lowest BCUT2D eigenvalue weighted by Crippen LogP contribution is -3.00. The summed E-state index contributed by atoms with van der Waals surface area (Å²) in [7, 11) is 0. The van der Waals surface area contributed by atoms with Gasteiger partial charge in [0.1, 0.15) is 0 Å². The molecule has 42 heavy (non-hydrogen) atoms. The van der Waals surface area contributed by atoms with Gasteiger partial charge in [-0.2, -0.15) is 0 Å². The molecule has 4 fully saturated rings. The van der Waals surface area contributed by atoms with Crippen LogP contribution in [0.2, 0.25) is 0 Å². The van der Waals surface area contributed by atoms with Crippen LogP contribution in [0, 0.1) is 50.2 Å². The van der Waals surface area contributed by atoms with Gasteiger partial charge in [0.15, 0.2) is 25.5 Å². The Morgan fingerprint density at radius 2 is 1.60 bits per heavy atom. The molecule has 0 spiro atoms. The van der Waals surface area contributed by atoms with E-state index in [1.54, 1.807) is 5.57 Å². The maximum Gasteiger partial charge on any atom is 0.312 e. The van der Waals surface area contributed by atoms with E-state index in [1.807, 2.05) is 30.6 Å². The lowest BCUT2D eigenvalue weighted by molar-refractivity contribution is -0.698. The second kappa shape index (κ2) is 10.7. The van der Waals surface area contributed by atoms with Gasteiger partial charge in [-0.1, -0.05) is 66.2 Å². The Bertz CT molecular complexity index is 1210. The van der Waals surface area contributed by atoms with Gasteiger partial charge in [-0.05, 0) is 109 Å². The van der Waals surface area contributed by atoms with E-state index in [9.17, 15) is 9.90 Å². The minimum absolute atomic E-state index is 0. The number of halogens is 1. The number of aliphatic hydroxyl groups is 1. The van der Waals surface area contributed by atoms with E-state index < -0.39 is 0 Å². The van der Waals surface area contributed by atoms with Crippen LogP contribution < -0.4 is 21.5 Å². The number of carbonyl (C=O) groups is 1. The van der Waals surface area contributed by atoms with Crippen molar-refractivity contribution in [3.05, 3.63) is 42.2 Å². The first-order valence-corrected chi connectivity index (χ1v) is 16.7. The molecule has 4 saturated carbocycles. The van der Waals surface area contributed by atoms with Crippen molar-refractivity contribution in [2.24, 2.45) is 50.2 Å². The van der Waals surface area contributed by atoms with Gasteiger partial charge in [-0.15, -0.1) is 0 Å². The van der Waals surface area contributed by atoms with Crippen LogP contribution in [-0.2, 0) is 16.1 Å². The lowest BCUT2D eigenvalue weighted by atomic mass is 9.33. The summed E-state index contributed by atoms with van der Waals surface area (Å²) in [4.78, 5) is 14.2. The fraction of sp³-hybridized carbons (Fsp3) is 0.784. The van der Waals surface area contributed by atoms with Gasteiger partial charge in [0.25, 0.3) is 0 Å². The largest absolute Gasteiger partial charge is 1.00 e. The highest BCUT2D eigenvalue weighted by Gasteiger charge is 2.69. The molecule has 0 amide bonds. The number of aromatic nitrogens is 1. The fourth-order valence-corrected chi connectivity index (χ4v) is 11.6. The predicted molar refractivity (Wildman–Crippen MR) is 163 cm³/mol. The van der Waals surface area contributed by atoms with Gasteiger partial charge in [-0.25, -0.2) is 4.57 Å². The van der Waals surface area contributed by atoms with E-state index in [1.165, 1.54) is 12.8 Å². The van der Waals surface area contributed by atoms with Crippen molar-refractivity contribution in [1.29, 1.82) is 0 Å². The average Bonchev–Trinajstić information content (AvgIpc) is 2.91. The highest BCUT2D eigenvalue weighted by atomic mass is 79.9. The van der Waals surface area contributed by atoms with Crippen LogP contribution in [0.3, 0.4) is 0 Å². The first-order chi connectivity index (χ1) is 19.2. The summed E-state index contributed by atoms with van der Waals surface area (Å²) in [6.07, 6.45) is 17.3. The number of rotatable bonds is 4. The molecule has 4 nitrogen and oxygen atoms in total. The molecule has 0 radical (unpaired) electrons. The molecule has 234 valence electrons. The Morgan fingerprint density at radius 1 is 0.905 bits per heavy atom. The lowest BCUT2D eigenvalue weighted by Gasteiger charge is -2.71. The Morgan fingerprint density at radius 3 is 2.31 bits per heavy atom. The molecule has 1 aromatic rings. The Hall–Kier alpha value is -1.20. The number of carbonyl (C=O) groups excluding carboxylic acids is 1. The number of fused-ring (bicyclic) bond motifs is 7. The quantitative estimate of drug-likeness (QED) is 0.295. The zero-order valence-electron chi connectivity index (χ0n) is 27.3. The van der Waals surface area contributed by atoms with Crippen molar-refractivity contribution in [3.8, 4) is 0 Å². The van der Waals surface area contributed by atoms with Crippen molar-refractivity contribution >= 4 is 5.97 Å². The minimum Gasteiger partial charge on any atom is -1.00 e. The standard InChI is InChI=1S/C37H56NO3.BrH/c1-32(2)17-19-37(31(40)41-24-23-38-21-9-8-10-22-38)20-18-35(6)26(27(37)25-32)11-12-29-34(5)15-14-30(39)33(3,4)28(34)13-16-36(29,35)7;/h8-11,21-22,27-30,39H,12-20,23-25H2,1-7H3;1H/q+1;/p-1/t27-,28-,29+,30-,34-,35+,36+,37-;/m0./s1. The number of allylic oxidation sites excluding steroid dienone is 2. The summed E-state index contributed by atoms with van der Waals surface area (Å²) in [5, 5.41) is 11.0. The van der Waals surface area contributed by atoms with Crippen LogP contribution in [0.1, 0.15) is 113 Å². The highest BCUT2D eigenvalue weighted by Crippen LogP contribution is 2.75. The number of nitrogens with zero attached hydrogens (tertiary/aromatic N) is 1. The van der Waals surface area contributed by atoms with Crippen LogP contribution in [-0.4, -0.2) is 23.8 Å². The van der Waals surface area contributed by atoms with Crippen LogP contribution in [0.15, 0.2) is 42.2 Å². The molecular formula is C37H56BrNO3. The third-order valence-corrected chi connectivity index (χ3v) is 14.4. The van der Waals surface area contributed by atoms with E-state index in [4.69, 9.17) is 4.74 Å². The zero-order valence-corrected chi connectivity index (χ0v) is 28.9. The fourth-order valence-electron chi connectivity index (χ4n) is 11.6. The second-order valence-corrected chi connectivity index (χ2v) is 17.0.